The molecular formula is C23H32N6O9. The maximum Gasteiger partial charge on any atom is 0.326 e. The Hall–Kier alpha value is -4.53. The van der Waals surface area contributed by atoms with Crippen molar-refractivity contribution in [3.63, 3.8) is 0 Å². The summed E-state index contributed by atoms with van der Waals surface area (Å²) < 4.78 is 0. The molecule has 0 aliphatic rings. The minimum Gasteiger partial charge on any atom is -0.481 e. The van der Waals surface area contributed by atoms with Crippen LogP contribution in [0.15, 0.2) is 30.3 Å². The second kappa shape index (κ2) is 15.6. The number of carbonyl (C=O) groups is 7. The average Bonchev–Trinajstić information content (AvgIpc) is 2.83. The van der Waals surface area contributed by atoms with Gasteiger partial charge in [-0.05, 0) is 18.4 Å². The van der Waals surface area contributed by atoms with Crippen LogP contribution in [-0.4, -0.2) is 75.9 Å². The number of hydrogen-bond donors (Lipinski definition) is 8. The van der Waals surface area contributed by atoms with Crippen molar-refractivity contribution >= 4 is 41.5 Å². The molecule has 5 amide bonds. The third kappa shape index (κ3) is 11.9. The van der Waals surface area contributed by atoms with Crippen LogP contribution in [0.4, 0.5) is 0 Å². The normalized spacial score (nSPS) is 13.7. The van der Waals surface area contributed by atoms with Crippen molar-refractivity contribution in [3.05, 3.63) is 35.9 Å². The molecule has 38 heavy (non-hydrogen) atoms. The summed E-state index contributed by atoms with van der Waals surface area (Å²) in [4.78, 5) is 83.4. The lowest BCUT2D eigenvalue weighted by molar-refractivity contribution is -0.142. The number of nitrogens with two attached hydrogens (primary N) is 3. The zero-order chi connectivity index (χ0) is 28.8. The molecule has 4 atom stereocenters. The Morgan fingerprint density at radius 1 is 0.711 bits per heavy atom. The van der Waals surface area contributed by atoms with Crippen molar-refractivity contribution in [1.29, 1.82) is 0 Å². The number of primary amides is 2. The van der Waals surface area contributed by atoms with Crippen LogP contribution in [-0.2, 0) is 40.0 Å². The lowest BCUT2D eigenvalue weighted by Crippen LogP contribution is -2.58. The van der Waals surface area contributed by atoms with E-state index >= 15 is 0 Å². The molecule has 1 aromatic rings. The van der Waals surface area contributed by atoms with E-state index in [1.165, 1.54) is 0 Å². The molecule has 0 aliphatic heterocycles. The van der Waals surface area contributed by atoms with Crippen molar-refractivity contribution in [2.45, 2.75) is 62.7 Å². The number of rotatable bonds is 17. The Bertz CT molecular complexity index is 1030. The standard InChI is InChI=1S/C23H32N6O9/c24-13(6-9-19(32)33)20(34)28-15(11-18(26)31)22(36)27-14(7-8-17(25)30)21(35)29-16(23(37)38)10-12-4-2-1-3-5-12/h1-5,13-16H,6-11,24H2,(H2,25,30)(H2,26,31)(H,27,36)(H,28,34)(H,29,35)(H,32,33)(H,37,38). The number of benzene rings is 1. The smallest absolute Gasteiger partial charge is 0.326 e. The first-order valence-corrected chi connectivity index (χ1v) is 11.5. The van der Waals surface area contributed by atoms with Gasteiger partial charge in [-0.15, -0.1) is 0 Å². The summed E-state index contributed by atoms with van der Waals surface area (Å²) in [5.74, 6) is -7.29. The van der Waals surface area contributed by atoms with E-state index in [0.29, 0.717) is 5.56 Å². The van der Waals surface area contributed by atoms with E-state index in [2.05, 4.69) is 16.0 Å². The SMILES string of the molecule is NC(=O)CCC(NC(=O)C(CC(N)=O)NC(=O)C(N)CCC(=O)O)C(=O)NC(Cc1ccccc1)C(=O)O. The van der Waals surface area contributed by atoms with Gasteiger partial charge in [-0.1, -0.05) is 30.3 Å². The zero-order valence-corrected chi connectivity index (χ0v) is 20.4. The maximum atomic E-state index is 12.9. The van der Waals surface area contributed by atoms with E-state index in [4.69, 9.17) is 22.3 Å². The van der Waals surface area contributed by atoms with E-state index in [1.54, 1.807) is 30.3 Å². The molecule has 0 radical (unpaired) electrons. The molecule has 0 bridgehead atoms. The quantitative estimate of drug-likeness (QED) is 0.100. The van der Waals surface area contributed by atoms with Crippen LogP contribution in [0, 0.1) is 0 Å². The van der Waals surface area contributed by atoms with Crippen LogP contribution in [0.1, 0.15) is 37.7 Å². The fourth-order valence-corrected chi connectivity index (χ4v) is 3.25. The largest absolute Gasteiger partial charge is 0.481 e. The summed E-state index contributed by atoms with van der Waals surface area (Å²) in [6.45, 7) is 0. The van der Waals surface area contributed by atoms with E-state index in [1.807, 2.05) is 0 Å². The van der Waals surface area contributed by atoms with Gasteiger partial charge in [-0.25, -0.2) is 4.79 Å². The number of aliphatic carboxylic acids is 2. The van der Waals surface area contributed by atoms with Crippen molar-refractivity contribution in [2.75, 3.05) is 0 Å². The molecule has 0 saturated carbocycles. The molecule has 11 N–H and O–H groups in total. The first kappa shape index (κ1) is 31.5. The predicted molar refractivity (Wildman–Crippen MR) is 131 cm³/mol. The highest BCUT2D eigenvalue weighted by atomic mass is 16.4. The summed E-state index contributed by atoms with van der Waals surface area (Å²) in [6, 6.07) is 2.65. The van der Waals surface area contributed by atoms with Gasteiger partial charge in [0.2, 0.25) is 29.5 Å². The second-order valence-electron chi connectivity index (χ2n) is 8.43. The summed E-state index contributed by atoms with van der Waals surface area (Å²) in [5, 5.41) is 25.0. The second-order valence-corrected chi connectivity index (χ2v) is 8.43. The first-order valence-electron chi connectivity index (χ1n) is 11.5. The Morgan fingerprint density at radius 3 is 1.79 bits per heavy atom. The van der Waals surface area contributed by atoms with Crippen molar-refractivity contribution in [2.24, 2.45) is 17.2 Å². The molecular weight excluding hydrogens is 504 g/mol. The number of nitrogens with one attached hydrogen (secondary N) is 3. The van der Waals surface area contributed by atoms with Gasteiger partial charge in [0.25, 0.3) is 0 Å². The topological polar surface area (TPSA) is 274 Å². The Morgan fingerprint density at radius 2 is 1.26 bits per heavy atom. The molecule has 0 saturated heterocycles. The Kier molecular flexibility index (Phi) is 12.9. The highest BCUT2D eigenvalue weighted by Gasteiger charge is 2.31. The van der Waals surface area contributed by atoms with Crippen LogP contribution in [0.3, 0.4) is 0 Å². The summed E-state index contributed by atoms with van der Waals surface area (Å²) in [6.07, 6.45) is -2.13. The highest BCUT2D eigenvalue weighted by Crippen LogP contribution is 2.06. The highest BCUT2D eigenvalue weighted by molar-refractivity contribution is 5.96. The Balaban J connectivity index is 3.03. The average molecular weight is 537 g/mol. The minimum absolute atomic E-state index is 0.0764. The first-order chi connectivity index (χ1) is 17.8. The van der Waals surface area contributed by atoms with E-state index in [9.17, 15) is 38.7 Å². The van der Waals surface area contributed by atoms with Gasteiger partial charge in [-0.2, -0.15) is 0 Å². The van der Waals surface area contributed by atoms with Crippen molar-refractivity contribution in [3.8, 4) is 0 Å². The molecule has 0 aliphatic carbocycles. The van der Waals surface area contributed by atoms with Crippen LogP contribution in [0.5, 0.6) is 0 Å². The fourth-order valence-electron chi connectivity index (χ4n) is 3.25. The van der Waals surface area contributed by atoms with Gasteiger partial charge >= 0.3 is 11.9 Å². The van der Waals surface area contributed by atoms with E-state index < -0.39 is 78.5 Å². The number of amides is 5. The summed E-state index contributed by atoms with van der Waals surface area (Å²) in [7, 11) is 0. The molecule has 1 aromatic carbocycles. The molecule has 208 valence electrons. The monoisotopic (exact) mass is 536 g/mol. The number of carboxylic acids is 2. The predicted octanol–water partition coefficient (Wildman–Crippen LogP) is -2.90. The molecule has 15 nitrogen and oxygen atoms in total. The fraction of sp³-hybridized carbons (Fsp3) is 0.435. The van der Waals surface area contributed by atoms with Gasteiger partial charge < -0.3 is 43.4 Å². The number of carboxylic acid groups (broad SMARTS) is 2. The minimum atomic E-state index is -1.60. The lowest BCUT2D eigenvalue weighted by Gasteiger charge is -2.24. The van der Waals surface area contributed by atoms with E-state index in [-0.39, 0.29) is 25.7 Å². The summed E-state index contributed by atoms with van der Waals surface area (Å²) >= 11 is 0. The van der Waals surface area contributed by atoms with Crippen molar-refractivity contribution < 1.29 is 43.8 Å². The van der Waals surface area contributed by atoms with Crippen LogP contribution >= 0.6 is 0 Å². The van der Waals surface area contributed by atoms with Gasteiger partial charge in [-0.3, -0.25) is 28.8 Å². The number of carbonyl (C=O) groups excluding carboxylic acids is 5. The van der Waals surface area contributed by atoms with Crippen LogP contribution < -0.4 is 33.2 Å². The van der Waals surface area contributed by atoms with Gasteiger partial charge in [0, 0.05) is 19.3 Å². The maximum absolute atomic E-state index is 12.9. The Labute approximate surface area is 217 Å². The molecule has 4 unspecified atom stereocenters. The molecule has 15 heteroatoms. The summed E-state index contributed by atoms with van der Waals surface area (Å²) in [5.41, 5.74) is 16.5. The molecule has 0 spiro atoms. The van der Waals surface area contributed by atoms with E-state index in [0.717, 1.165) is 0 Å². The van der Waals surface area contributed by atoms with Crippen LogP contribution in [0.25, 0.3) is 0 Å². The van der Waals surface area contributed by atoms with Gasteiger partial charge in [0.05, 0.1) is 12.5 Å². The van der Waals surface area contributed by atoms with Crippen LogP contribution in [0.2, 0.25) is 0 Å². The zero-order valence-electron chi connectivity index (χ0n) is 20.4. The molecule has 0 heterocycles. The molecule has 0 aromatic heterocycles. The third-order valence-electron chi connectivity index (χ3n) is 5.25. The van der Waals surface area contributed by atoms with Crippen molar-refractivity contribution in [1.82, 2.24) is 16.0 Å². The number of hydrogen-bond acceptors (Lipinski definition) is 8. The lowest BCUT2D eigenvalue weighted by atomic mass is 10.0. The van der Waals surface area contributed by atoms with Gasteiger partial charge in [0.15, 0.2) is 0 Å². The molecule has 1 rings (SSSR count). The van der Waals surface area contributed by atoms with Gasteiger partial charge in [0.1, 0.15) is 18.1 Å². The molecule has 0 fully saturated rings. The third-order valence-corrected chi connectivity index (χ3v) is 5.25.